The van der Waals surface area contributed by atoms with Crippen LogP contribution in [0.2, 0.25) is 0 Å². The molecule has 2 amide bonds. The zero-order valence-electron chi connectivity index (χ0n) is 14.0. The summed E-state index contributed by atoms with van der Waals surface area (Å²) in [5, 5.41) is 5.83. The average molecular weight is 339 g/mol. The fraction of sp³-hybridized carbons (Fsp3) is 0.444. The van der Waals surface area contributed by atoms with E-state index in [1.807, 2.05) is 22.8 Å². The Labute approximate surface area is 145 Å². The van der Waals surface area contributed by atoms with E-state index in [1.165, 1.54) is 0 Å². The molecule has 0 spiro atoms. The van der Waals surface area contributed by atoms with Crippen LogP contribution in [0, 0.1) is 0 Å². The lowest BCUT2D eigenvalue weighted by Crippen LogP contribution is -2.27. The van der Waals surface area contributed by atoms with Gasteiger partial charge < -0.3 is 15.2 Å². The summed E-state index contributed by atoms with van der Waals surface area (Å²) in [6.45, 7) is 1.07. The lowest BCUT2D eigenvalue weighted by Gasteiger charge is -2.17. The number of fused-ring (bicyclic) bond motifs is 1. The number of nitrogens with zero attached hydrogens (tertiary/aromatic N) is 3. The molecule has 7 heteroatoms. The summed E-state index contributed by atoms with van der Waals surface area (Å²) in [7, 11) is 0. The molecule has 4 rings (SSSR count). The fourth-order valence-electron chi connectivity index (χ4n) is 3.13. The van der Waals surface area contributed by atoms with Crippen LogP contribution in [0.3, 0.4) is 0 Å². The Balaban J connectivity index is 1.54. The van der Waals surface area contributed by atoms with Gasteiger partial charge in [-0.25, -0.2) is 4.98 Å². The second kappa shape index (κ2) is 6.66. The Morgan fingerprint density at radius 3 is 2.84 bits per heavy atom. The van der Waals surface area contributed by atoms with Gasteiger partial charge in [0.25, 0.3) is 11.8 Å². The first kappa shape index (κ1) is 15.8. The molecule has 0 radical (unpaired) electrons. The first-order valence-corrected chi connectivity index (χ1v) is 8.81. The van der Waals surface area contributed by atoms with Crippen LogP contribution in [0.25, 0.3) is 0 Å². The Morgan fingerprint density at radius 2 is 2.08 bits per heavy atom. The summed E-state index contributed by atoms with van der Waals surface area (Å²) in [5.74, 6) is -0.0946. The summed E-state index contributed by atoms with van der Waals surface area (Å²) >= 11 is 0. The third-order valence-corrected chi connectivity index (χ3v) is 4.60. The number of hydrogen-bond donors (Lipinski definition) is 2. The maximum atomic E-state index is 12.6. The van der Waals surface area contributed by atoms with Crippen molar-refractivity contribution in [3.8, 4) is 0 Å². The lowest BCUT2D eigenvalue weighted by atomic mass is 10.1. The van der Waals surface area contributed by atoms with Crippen LogP contribution >= 0.6 is 0 Å². The van der Waals surface area contributed by atoms with Crippen molar-refractivity contribution in [1.82, 2.24) is 25.2 Å². The Bertz CT molecular complexity index is 795. The summed E-state index contributed by atoms with van der Waals surface area (Å²) in [6.07, 6.45) is 6.55. The third kappa shape index (κ3) is 3.40. The number of carbonyl (C=O) groups is 2. The molecule has 0 unspecified atom stereocenters. The molecule has 7 nitrogen and oxygen atoms in total. The maximum Gasteiger partial charge on any atom is 0.287 e. The van der Waals surface area contributed by atoms with E-state index in [-0.39, 0.29) is 17.9 Å². The van der Waals surface area contributed by atoms with Crippen LogP contribution < -0.4 is 10.6 Å². The van der Waals surface area contributed by atoms with Crippen LogP contribution in [0.5, 0.6) is 0 Å². The second-order valence-electron chi connectivity index (χ2n) is 6.59. The first-order valence-electron chi connectivity index (χ1n) is 8.81. The summed E-state index contributed by atoms with van der Waals surface area (Å²) in [5.41, 5.74) is 2.08. The van der Waals surface area contributed by atoms with Crippen LogP contribution in [0.4, 0.5) is 0 Å². The maximum absolute atomic E-state index is 12.6. The molecule has 0 atom stereocenters. The van der Waals surface area contributed by atoms with Crippen molar-refractivity contribution >= 4 is 11.8 Å². The summed E-state index contributed by atoms with van der Waals surface area (Å²) in [4.78, 5) is 33.7. The van der Waals surface area contributed by atoms with Crippen molar-refractivity contribution in [2.45, 2.75) is 51.2 Å². The van der Waals surface area contributed by atoms with E-state index in [2.05, 4.69) is 20.6 Å². The first-order chi connectivity index (χ1) is 12.2. The van der Waals surface area contributed by atoms with Gasteiger partial charge in [-0.15, -0.1) is 0 Å². The van der Waals surface area contributed by atoms with Crippen LogP contribution in [0.15, 0.2) is 24.4 Å². The predicted octanol–water partition coefficient (Wildman–Crippen LogP) is 1.44. The van der Waals surface area contributed by atoms with Crippen molar-refractivity contribution in [3.63, 3.8) is 0 Å². The monoisotopic (exact) mass is 339 g/mol. The molecule has 1 fully saturated rings. The average Bonchev–Trinajstić information content (AvgIpc) is 3.37. The summed E-state index contributed by atoms with van der Waals surface area (Å²) < 4.78 is 1.90. The van der Waals surface area contributed by atoms with Gasteiger partial charge in [0.05, 0.1) is 17.9 Å². The molecule has 0 bridgehead atoms. The van der Waals surface area contributed by atoms with Crippen LogP contribution in [-0.2, 0) is 19.5 Å². The van der Waals surface area contributed by atoms with Gasteiger partial charge in [-0.05, 0) is 44.2 Å². The standard InChI is InChI=1S/C18H21N5O2/c24-17(21-12-7-8-12)15-14-6-2-4-10-23(14)16(22-15)18(25)20-11-13-5-1-3-9-19-13/h1,3,5,9,12H,2,4,6-8,10-11H2,(H,20,25)(H,21,24). The van der Waals surface area contributed by atoms with Crippen molar-refractivity contribution in [2.75, 3.05) is 0 Å². The van der Waals surface area contributed by atoms with Gasteiger partial charge in [-0.2, -0.15) is 0 Å². The Kier molecular flexibility index (Phi) is 4.21. The van der Waals surface area contributed by atoms with Gasteiger partial charge in [0.1, 0.15) is 5.69 Å². The molecule has 0 aromatic carbocycles. The van der Waals surface area contributed by atoms with Gasteiger partial charge >= 0.3 is 0 Å². The molecule has 1 saturated carbocycles. The number of pyridine rings is 1. The molecule has 3 heterocycles. The molecule has 2 aromatic heterocycles. The highest BCUT2D eigenvalue weighted by atomic mass is 16.2. The van der Waals surface area contributed by atoms with E-state index in [9.17, 15) is 9.59 Å². The number of carbonyl (C=O) groups excluding carboxylic acids is 2. The fourth-order valence-corrected chi connectivity index (χ4v) is 3.13. The van der Waals surface area contributed by atoms with E-state index in [4.69, 9.17) is 0 Å². The van der Waals surface area contributed by atoms with Crippen molar-refractivity contribution in [2.24, 2.45) is 0 Å². The minimum atomic E-state index is -0.265. The number of amides is 2. The summed E-state index contributed by atoms with van der Waals surface area (Å²) in [6, 6.07) is 5.85. The van der Waals surface area contributed by atoms with Crippen molar-refractivity contribution < 1.29 is 9.59 Å². The number of nitrogens with one attached hydrogen (secondary N) is 2. The zero-order valence-corrected chi connectivity index (χ0v) is 14.0. The highest BCUT2D eigenvalue weighted by Gasteiger charge is 2.30. The van der Waals surface area contributed by atoms with Gasteiger partial charge in [0, 0.05) is 18.8 Å². The molecular weight excluding hydrogens is 318 g/mol. The van der Waals surface area contributed by atoms with E-state index >= 15 is 0 Å². The van der Waals surface area contributed by atoms with E-state index < -0.39 is 0 Å². The molecule has 25 heavy (non-hydrogen) atoms. The quantitative estimate of drug-likeness (QED) is 0.862. The zero-order chi connectivity index (χ0) is 17.2. The number of rotatable bonds is 5. The minimum absolute atomic E-state index is 0.156. The van der Waals surface area contributed by atoms with E-state index in [0.29, 0.717) is 18.1 Å². The normalized spacial score (nSPS) is 16.2. The van der Waals surface area contributed by atoms with Gasteiger partial charge in [-0.3, -0.25) is 14.6 Å². The predicted molar refractivity (Wildman–Crippen MR) is 91.1 cm³/mol. The number of hydrogen-bond acceptors (Lipinski definition) is 4. The minimum Gasteiger partial charge on any atom is -0.348 e. The Hall–Kier alpha value is -2.70. The largest absolute Gasteiger partial charge is 0.348 e. The molecule has 2 N–H and O–H groups in total. The molecule has 2 aliphatic rings. The number of aromatic nitrogens is 3. The second-order valence-corrected chi connectivity index (χ2v) is 6.59. The molecule has 130 valence electrons. The molecule has 1 aliphatic carbocycles. The van der Waals surface area contributed by atoms with Crippen molar-refractivity contribution in [3.05, 3.63) is 47.3 Å². The topological polar surface area (TPSA) is 88.9 Å². The highest BCUT2D eigenvalue weighted by molar-refractivity contribution is 5.97. The van der Waals surface area contributed by atoms with Gasteiger partial charge in [-0.1, -0.05) is 6.07 Å². The van der Waals surface area contributed by atoms with Crippen molar-refractivity contribution in [1.29, 1.82) is 0 Å². The molecular formula is C18H21N5O2. The molecule has 2 aromatic rings. The van der Waals surface area contributed by atoms with Crippen LogP contribution in [0.1, 0.15) is 58.2 Å². The van der Waals surface area contributed by atoms with Crippen LogP contribution in [-0.4, -0.2) is 32.4 Å². The van der Waals surface area contributed by atoms with E-state index in [0.717, 1.165) is 50.0 Å². The van der Waals surface area contributed by atoms with E-state index in [1.54, 1.807) is 6.20 Å². The third-order valence-electron chi connectivity index (χ3n) is 4.60. The lowest BCUT2D eigenvalue weighted by molar-refractivity contribution is 0.0934. The van der Waals surface area contributed by atoms with Gasteiger partial charge in [0.2, 0.25) is 0 Å². The molecule has 1 aliphatic heterocycles. The number of imidazole rings is 1. The SMILES string of the molecule is O=C(NC1CC1)c1nc(C(=O)NCc2ccccn2)n2c1CCCC2. The highest BCUT2D eigenvalue weighted by Crippen LogP contribution is 2.23. The molecule has 0 saturated heterocycles. The smallest absolute Gasteiger partial charge is 0.287 e. The van der Waals surface area contributed by atoms with Gasteiger partial charge in [0.15, 0.2) is 5.82 Å². The Morgan fingerprint density at radius 1 is 1.20 bits per heavy atom.